The first-order valence-corrected chi connectivity index (χ1v) is 10.3. The molecule has 1 N–H and O–H groups in total. The van der Waals surface area contributed by atoms with Crippen LogP contribution in [-0.4, -0.2) is 24.1 Å². The summed E-state index contributed by atoms with van der Waals surface area (Å²) < 4.78 is 22.3. The van der Waals surface area contributed by atoms with Gasteiger partial charge in [-0.15, -0.1) is 11.3 Å². The molecule has 0 aliphatic heterocycles. The van der Waals surface area contributed by atoms with Crippen molar-refractivity contribution >= 4 is 33.3 Å². The molecule has 0 unspecified atom stereocenters. The maximum absolute atomic E-state index is 12.8. The van der Waals surface area contributed by atoms with Gasteiger partial charge in [-0.2, -0.15) is 0 Å². The van der Waals surface area contributed by atoms with Gasteiger partial charge in [0, 0.05) is 17.6 Å². The Bertz CT molecular complexity index is 1250. The monoisotopic (exact) mass is 438 g/mol. The molecule has 0 saturated carbocycles. The van der Waals surface area contributed by atoms with E-state index in [1.807, 2.05) is 13.0 Å². The number of hydrogen-bond acceptors (Lipinski definition) is 8. The number of rotatable bonds is 8. The van der Waals surface area contributed by atoms with E-state index >= 15 is 0 Å². The first kappa shape index (κ1) is 20.4. The lowest BCUT2D eigenvalue weighted by Crippen LogP contribution is -2.20. The van der Waals surface area contributed by atoms with Crippen molar-refractivity contribution in [2.75, 3.05) is 18.5 Å². The Kier molecular flexibility index (Phi) is 6.13. The van der Waals surface area contributed by atoms with Crippen LogP contribution in [0.5, 0.6) is 23.0 Å². The molecule has 2 aromatic carbocycles. The Labute approximate surface area is 181 Å². The molecule has 2 heterocycles. The number of benzene rings is 2. The number of amides is 1. The molecule has 0 bridgehead atoms. The standard InChI is InChI=1S/C22H18N2O6S/c1-2-27-16-5-3-4-6-17(16)30-19-12-29-18-11-14(7-8-15(18)21(19)26)28-13-20(25)24-22-23-9-10-31-22/h3-12H,2,13H2,1H3,(H,23,24,25). The van der Waals surface area contributed by atoms with E-state index in [1.54, 1.807) is 48.0 Å². The van der Waals surface area contributed by atoms with E-state index in [-0.39, 0.29) is 23.7 Å². The molecule has 0 fully saturated rings. The number of para-hydroxylation sites is 2. The maximum Gasteiger partial charge on any atom is 0.264 e. The van der Waals surface area contributed by atoms with Crippen molar-refractivity contribution in [3.63, 3.8) is 0 Å². The third kappa shape index (κ3) is 4.84. The largest absolute Gasteiger partial charge is 0.490 e. The lowest BCUT2D eigenvalue weighted by molar-refractivity contribution is -0.118. The van der Waals surface area contributed by atoms with E-state index in [4.69, 9.17) is 18.6 Å². The molecule has 4 rings (SSSR count). The van der Waals surface area contributed by atoms with Crippen molar-refractivity contribution in [3.05, 3.63) is 70.5 Å². The van der Waals surface area contributed by atoms with Gasteiger partial charge in [0.1, 0.15) is 17.6 Å². The minimum Gasteiger partial charge on any atom is -0.490 e. The van der Waals surface area contributed by atoms with Crippen LogP contribution < -0.4 is 25.0 Å². The highest BCUT2D eigenvalue weighted by Crippen LogP contribution is 2.31. The van der Waals surface area contributed by atoms with E-state index in [9.17, 15) is 9.59 Å². The van der Waals surface area contributed by atoms with Crippen LogP contribution in [0.3, 0.4) is 0 Å². The van der Waals surface area contributed by atoms with Gasteiger partial charge in [-0.3, -0.25) is 14.9 Å². The van der Waals surface area contributed by atoms with Gasteiger partial charge in [0.25, 0.3) is 5.91 Å². The Balaban J connectivity index is 1.49. The molecule has 0 spiro atoms. The molecule has 0 radical (unpaired) electrons. The van der Waals surface area contributed by atoms with Crippen LogP contribution in [0.4, 0.5) is 5.13 Å². The second-order valence-electron chi connectivity index (χ2n) is 6.24. The zero-order valence-electron chi connectivity index (χ0n) is 16.5. The normalized spacial score (nSPS) is 10.6. The molecule has 4 aromatic rings. The summed E-state index contributed by atoms with van der Waals surface area (Å²) in [6.07, 6.45) is 2.84. The first-order valence-electron chi connectivity index (χ1n) is 9.41. The van der Waals surface area contributed by atoms with Gasteiger partial charge in [0.05, 0.1) is 12.0 Å². The molecular weight excluding hydrogens is 420 g/mol. The smallest absolute Gasteiger partial charge is 0.264 e. The Morgan fingerprint density at radius 3 is 2.74 bits per heavy atom. The van der Waals surface area contributed by atoms with Crippen LogP contribution in [0.25, 0.3) is 11.0 Å². The molecule has 9 heteroatoms. The molecular formula is C22H18N2O6S. The van der Waals surface area contributed by atoms with Gasteiger partial charge in [0.15, 0.2) is 23.2 Å². The van der Waals surface area contributed by atoms with E-state index < -0.39 is 0 Å². The van der Waals surface area contributed by atoms with E-state index in [0.29, 0.717) is 40.0 Å². The lowest BCUT2D eigenvalue weighted by Gasteiger charge is -2.11. The summed E-state index contributed by atoms with van der Waals surface area (Å²) in [5.41, 5.74) is -0.0195. The number of aromatic nitrogens is 1. The van der Waals surface area contributed by atoms with Crippen LogP contribution in [0.1, 0.15) is 6.92 Å². The van der Waals surface area contributed by atoms with Crippen LogP contribution >= 0.6 is 11.3 Å². The van der Waals surface area contributed by atoms with E-state index in [2.05, 4.69) is 10.3 Å². The molecule has 0 saturated heterocycles. The zero-order chi connectivity index (χ0) is 21.6. The number of anilines is 1. The quantitative estimate of drug-likeness (QED) is 0.434. The predicted octanol–water partition coefficient (Wildman–Crippen LogP) is 4.46. The van der Waals surface area contributed by atoms with Gasteiger partial charge in [-0.25, -0.2) is 4.98 Å². The number of nitrogens with zero attached hydrogens (tertiary/aromatic N) is 1. The van der Waals surface area contributed by atoms with Crippen molar-refractivity contribution in [1.82, 2.24) is 4.98 Å². The minimum absolute atomic E-state index is 0.0381. The molecule has 158 valence electrons. The summed E-state index contributed by atoms with van der Waals surface area (Å²) in [4.78, 5) is 28.7. The molecule has 2 aromatic heterocycles. The highest BCUT2D eigenvalue weighted by Gasteiger charge is 2.13. The molecule has 0 aliphatic rings. The van der Waals surface area contributed by atoms with Gasteiger partial charge in [-0.05, 0) is 31.2 Å². The molecule has 31 heavy (non-hydrogen) atoms. The van der Waals surface area contributed by atoms with Crippen molar-refractivity contribution in [3.8, 4) is 23.0 Å². The fourth-order valence-electron chi connectivity index (χ4n) is 2.77. The van der Waals surface area contributed by atoms with Crippen molar-refractivity contribution in [2.24, 2.45) is 0 Å². The van der Waals surface area contributed by atoms with Gasteiger partial charge >= 0.3 is 0 Å². The van der Waals surface area contributed by atoms with Crippen LogP contribution in [0.2, 0.25) is 0 Å². The molecule has 0 atom stereocenters. The van der Waals surface area contributed by atoms with Gasteiger partial charge < -0.3 is 18.6 Å². The molecule has 1 amide bonds. The Hall–Kier alpha value is -3.85. The lowest BCUT2D eigenvalue weighted by atomic mass is 10.2. The average molecular weight is 438 g/mol. The number of thiazole rings is 1. The van der Waals surface area contributed by atoms with Crippen LogP contribution in [0, 0.1) is 0 Å². The highest BCUT2D eigenvalue weighted by molar-refractivity contribution is 7.13. The SMILES string of the molecule is CCOc1ccccc1Oc1coc2cc(OCC(=O)Nc3nccs3)ccc2c1=O. The average Bonchev–Trinajstić information content (AvgIpc) is 3.28. The van der Waals surface area contributed by atoms with Crippen molar-refractivity contribution in [2.45, 2.75) is 6.92 Å². The van der Waals surface area contributed by atoms with Crippen molar-refractivity contribution < 1.29 is 23.4 Å². The first-order chi connectivity index (χ1) is 15.1. The second-order valence-corrected chi connectivity index (χ2v) is 7.14. The summed E-state index contributed by atoms with van der Waals surface area (Å²) >= 11 is 1.31. The fraction of sp³-hybridized carbons (Fsp3) is 0.136. The van der Waals surface area contributed by atoms with E-state index in [1.165, 1.54) is 17.6 Å². The van der Waals surface area contributed by atoms with Gasteiger partial charge in [-0.1, -0.05) is 12.1 Å². The third-order valence-corrected chi connectivity index (χ3v) is 4.82. The summed E-state index contributed by atoms with van der Waals surface area (Å²) in [5, 5.41) is 5.21. The third-order valence-electron chi connectivity index (χ3n) is 4.13. The van der Waals surface area contributed by atoms with Crippen molar-refractivity contribution in [1.29, 1.82) is 0 Å². The topological polar surface area (TPSA) is 99.9 Å². The van der Waals surface area contributed by atoms with E-state index in [0.717, 1.165) is 0 Å². The number of fused-ring (bicyclic) bond motifs is 1. The minimum atomic E-state index is -0.340. The Morgan fingerprint density at radius 2 is 1.97 bits per heavy atom. The summed E-state index contributed by atoms with van der Waals surface area (Å²) in [5.74, 6) is 1.04. The predicted molar refractivity (Wildman–Crippen MR) is 116 cm³/mol. The number of nitrogens with one attached hydrogen (secondary N) is 1. The highest BCUT2D eigenvalue weighted by atomic mass is 32.1. The Morgan fingerprint density at radius 1 is 1.13 bits per heavy atom. The number of carbonyl (C=O) groups excluding carboxylic acids is 1. The molecule has 8 nitrogen and oxygen atoms in total. The summed E-state index contributed by atoms with van der Waals surface area (Å²) in [7, 11) is 0. The number of ether oxygens (including phenoxy) is 3. The summed E-state index contributed by atoms with van der Waals surface area (Å²) in [6, 6.07) is 11.8. The second kappa shape index (κ2) is 9.31. The zero-order valence-corrected chi connectivity index (χ0v) is 17.3. The molecule has 0 aliphatic carbocycles. The maximum atomic E-state index is 12.8. The summed E-state index contributed by atoms with van der Waals surface area (Å²) in [6.45, 7) is 2.13. The fourth-order valence-corrected chi connectivity index (χ4v) is 3.31. The number of hydrogen-bond donors (Lipinski definition) is 1. The van der Waals surface area contributed by atoms with Crippen LogP contribution in [-0.2, 0) is 4.79 Å². The van der Waals surface area contributed by atoms with Crippen LogP contribution in [0.15, 0.2) is 69.5 Å². The van der Waals surface area contributed by atoms with Gasteiger partial charge in [0.2, 0.25) is 11.2 Å². The number of carbonyl (C=O) groups is 1.